The number of nitrogens with zero attached hydrogens (tertiary/aromatic N) is 1. The Bertz CT molecular complexity index is 622. The number of nitrogens with two attached hydrogens (primary N) is 1. The van der Waals surface area contributed by atoms with E-state index in [1.54, 1.807) is 31.3 Å². The van der Waals surface area contributed by atoms with E-state index in [-0.39, 0.29) is 11.1 Å². The van der Waals surface area contributed by atoms with E-state index < -0.39 is 0 Å². The first-order chi connectivity index (χ1) is 9.00. The largest absolute Gasteiger partial charge is 0.452 e. The molecule has 0 radical (unpaired) electrons. The predicted molar refractivity (Wildman–Crippen MR) is 78.8 cm³/mol. The summed E-state index contributed by atoms with van der Waals surface area (Å²) in [6.45, 7) is 0. The highest BCUT2D eigenvalue weighted by atomic mass is 35.5. The highest BCUT2D eigenvalue weighted by Crippen LogP contribution is 2.22. The van der Waals surface area contributed by atoms with E-state index in [0.717, 1.165) is 5.56 Å². The maximum Gasteiger partial charge on any atom is 0.262 e. The fraction of sp³-hybridized carbons (Fsp3) is 0.0769. The summed E-state index contributed by atoms with van der Waals surface area (Å²) in [7, 11) is 1.65. The first kappa shape index (κ1) is 13.6. The molecule has 2 N–H and O–H groups in total. The van der Waals surface area contributed by atoms with Crippen LogP contribution < -0.4 is 10.6 Å². The molecule has 4 nitrogen and oxygen atoms in total. The normalized spacial score (nSPS) is 10.2. The molecule has 0 aliphatic carbocycles. The molecule has 0 aliphatic heterocycles. The molecule has 0 unspecified atom stereocenters. The standard InChI is InChI=1S/C13H11ClN2O2S/c1-16(13(17)10-6-7-18-11(10)14)9-4-2-8(3-5-9)12(15)19/h2-7H,1H3,(H2,15,19). The van der Waals surface area contributed by atoms with Gasteiger partial charge < -0.3 is 15.1 Å². The number of furan rings is 1. The number of hydrogen-bond donors (Lipinski definition) is 1. The van der Waals surface area contributed by atoms with Gasteiger partial charge in [0.2, 0.25) is 5.22 Å². The van der Waals surface area contributed by atoms with Crippen LogP contribution in [0.5, 0.6) is 0 Å². The second-order valence-electron chi connectivity index (χ2n) is 3.88. The van der Waals surface area contributed by atoms with E-state index in [9.17, 15) is 4.79 Å². The molecule has 0 atom stereocenters. The van der Waals surface area contributed by atoms with Gasteiger partial charge in [-0.15, -0.1) is 0 Å². The maximum absolute atomic E-state index is 12.2. The molecule has 0 saturated carbocycles. The minimum absolute atomic E-state index is 0.0802. The van der Waals surface area contributed by atoms with Crippen LogP contribution in [0.4, 0.5) is 5.69 Å². The van der Waals surface area contributed by atoms with Crippen LogP contribution in [0.1, 0.15) is 15.9 Å². The van der Waals surface area contributed by atoms with Crippen molar-refractivity contribution in [3.05, 3.63) is 52.9 Å². The number of carbonyl (C=O) groups is 1. The highest BCUT2D eigenvalue weighted by molar-refractivity contribution is 7.80. The second kappa shape index (κ2) is 5.42. The van der Waals surface area contributed by atoms with Crippen molar-refractivity contribution in [2.24, 2.45) is 5.73 Å². The van der Waals surface area contributed by atoms with E-state index in [4.69, 9.17) is 34.0 Å². The monoisotopic (exact) mass is 294 g/mol. The molecule has 2 aromatic rings. The summed E-state index contributed by atoms with van der Waals surface area (Å²) in [5, 5.41) is 0.0802. The third kappa shape index (κ3) is 2.77. The van der Waals surface area contributed by atoms with Crippen molar-refractivity contribution in [2.45, 2.75) is 0 Å². The topological polar surface area (TPSA) is 59.5 Å². The third-order valence-corrected chi connectivity index (χ3v) is 3.22. The summed E-state index contributed by atoms with van der Waals surface area (Å²) >= 11 is 10.7. The van der Waals surface area contributed by atoms with Crippen molar-refractivity contribution >= 4 is 40.4 Å². The minimum Gasteiger partial charge on any atom is -0.452 e. The summed E-state index contributed by atoms with van der Waals surface area (Å²) in [5.74, 6) is -0.248. The lowest BCUT2D eigenvalue weighted by Crippen LogP contribution is -2.26. The molecule has 1 aromatic heterocycles. The summed E-state index contributed by atoms with van der Waals surface area (Å²) < 4.78 is 4.91. The fourth-order valence-electron chi connectivity index (χ4n) is 1.59. The van der Waals surface area contributed by atoms with Crippen LogP contribution in [0.25, 0.3) is 0 Å². The lowest BCUT2D eigenvalue weighted by atomic mass is 10.2. The van der Waals surface area contributed by atoms with Crippen molar-refractivity contribution in [3.8, 4) is 0 Å². The quantitative estimate of drug-likeness (QED) is 0.884. The molecule has 0 spiro atoms. The van der Waals surface area contributed by atoms with Gasteiger partial charge in [-0.05, 0) is 41.9 Å². The van der Waals surface area contributed by atoms with Crippen LogP contribution in [0.2, 0.25) is 5.22 Å². The summed E-state index contributed by atoms with van der Waals surface area (Å²) in [6.07, 6.45) is 1.37. The van der Waals surface area contributed by atoms with Gasteiger partial charge >= 0.3 is 0 Å². The molecule has 0 saturated heterocycles. The number of rotatable bonds is 3. The number of anilines is 1. The molecule has 98 valence electrons. The summed E-state index contributed by atoms with van der Waals surface area (Å²) in [5.41, 5.74) is 7.30. The SMILES string of the molecule is CN(C(=O)c1ccoc1Cl)c1ccc(C(N)=S)cc1. The van der Waals surface area contributed by atoms with Crippen molar-refractivity contribution in [3.63, 3.8) is 0 Å². The van der Waals surface area contributed by atoms with Crippen LogP contribution >= 0.6 is 23.8 Å². The van der Waals surface area contributed by atoms with Crippen LogP contribution in [-0.4, -0.2) is 17.9 Å². The van der Waals surface area contributed by atoms with Gasteiger partial charge in [-0.1, -0.05) is 12.2 Å². The van der Waals surface area contributed by atoms with Gasteiger partial charge in [-0.2, -0.15) is 0 Å². The zero-order valence-corrected chi connectivity index (χ0v) is 11.7. The molecule has 1 heterocycles. The Morgan fingerprint density at radius 1 is 1.32 bits per heavy atom. The van der Waals surface area contributed by atoms with E-state index in [2.05, 4.69) is 0 Å². The Kier molecular flexibility index (Phi) is 3.87. The van der Waals surface area contributed by atoms with E-state index in [1.165, 1.54) is 17.2 Å². The molecule has 2 rings (SSSR count). The Morgan fingerprint density at radius 3 is 2.42 bits per heavy atom. The average Bonchev–Trinajstić information content (AvgIpc) is 2.83. The molecule has 0 bridgehead atoms. The maximum atomic E-state index is 12.2. The Balaban J connectivity index is 2.24. The molecule has 0 fully saturated rings. The lowest BCUT2D eigenvalue weighted by Gasteiger charge is -2.17. The minimum atomic E-state index is -0.248. The molecule has 1 amide bonds. The number of hydrogen-bond acceptors (Lipinski definition) is 3. The smallest absolute Gasteiger partial charge is 0.262 e. The average molecular weight is 295 g/mol. The van der Waals surface area contributed by atoms with Crippen molar-refractivity contribution in [1.29, 1.82) is 0 Å². The first-order valence-corrected chi connectivity index (χ1v) is 6.20. The molecule has 19 heavy (non-hydrogen) atoms. The second-order valence-corrected chi connectivity index (χ2v) is 4.67. The lowest BCUT2D eigenvalue weighted by molar-refractivity contribution is 0.0992. The molecular formula is C13H11ClN2O2S. The molecule has 0 aliphatic rings. The fourth-order valence-corrected chi connectivity index (χ4v) is 1.92. The van der Waals surface area contributed by atoms with Gasteiger partial charge in [0.25, 0.3) is 5.91 Å². The first-order valence-electron chi connectivity index (χ1n) is 5.41. The van der Waals surface area contributed by atoms with Gasteiger partial charge in [0.1, 0.15) is 4.99 Å². The number of benzene rings is 1. The Morgan fingerprint density at radius 2 is 1.95 bits per heavy atom. The van der Waals surface area contributed by atoms with Gasteiger partial charge in [0, 0.05) is 18.3 Å². The van der Waals surface area contributed by atoms with E-state index in [0.29, 0.717) is 16.2 Å². The zero-order chi connectivity index (χ0) is 14.0. The zero-order valence-electron chi connectivity index (χ0n) is 10.1. The van der Waals surface area contributed by atoms with Gasteiger partial charge in [-0.3, -0.25) is 4.79 Å². The van der Waals surface area contributed by atoms with Crippen molar-refractivity contribution in [2.75, 3.05) is 11.9 Å². The number of thiocarbonyl (C=S) groups is 1. The number of halogens is 1. The Hall–Kier alpha value is -1.85. The predicted octanol–water partition coefficient (Wildman–Crippen LogP) is 2.84. The molecule has 1 aromatic carbocycles. The summed E-state index contributed by atoms with van der Waals surface area (Å²) in [4.78, 5) is 14.0. The summed E-state index contributed by atoms with van der Waals surface area (Å²) in [6, 6.07) is 8.59. The Labute approximate surface area is 120 Å². The van der Waals surface area contributed by atoms with Crippen molar-refractivity contribution < 1.29 is 9.21 Å². The van der Waals surface area contributed by atoms with Crippen LogP contribution in [-0.2, 0) is 0 Å². The van der Waals surface area contributed by atoms with Gasteiger partial charge in [0.15, 0.2) is 0 Å². The van der Waals surface area contributed by atoms with Gasteiger partial charge in [0.05, 0.1) is 11.8 Å². The third-order valence-electron chi connectivity index (χ3n) is 2.69. The van der Waals surface area contributed by atoms with Crippen LogP contribution in [0.3, 0.4) is 0 Å². The number of carbonyl (C=O) groups excluding carboxylic acids is 1. The van der Waals surface area contributed by atoms with Gasteiger partial charge in [-0.25, -0.2) is 0 Å². The molecular weight excluding hydrogens is 284 g/mol. The van der Waals surface area contributed by atoms with Crippen molar-refractivity contribution in [1.82, 2.24) is 0 Å². The number of amides is 1. The van der Waals surface area contributed by atoms with E-state index in [1.807, 2.05) is 0 Å². The highest BCUT2D eigenvalue weighted by Gasteiger charge is 2.18. The van der Waals surface area contributed by atoms with Crippen LogP contribution in [0.15, 0.2) is 41.0 Å². The molecule has 6 heteroatoms. The van der Waals surface area contributed by atoms with Crippen LogP contribution in [0, 0.1) is 0 Å². The van der Waals surface area contributed by atoms with E-state index >= 15 is 0 Å².